The van der Waals surface area contributed by atoms with Crippen molar-refractivity contribution < 1.29 is 13.2 Å². The molecule has 0 unspecified atom stereocenters. The van der Waals surface area contributed by atoms with E-state index < -0.39 is 10.0 Å². The van der Waals surface area contributed by atoms with E-state index in [1.807, 2.05) is 17.5 Å². The third-order valence-electron chi connectivity index (χ3n) is 3.11. The van der Waals surface area contributed by atoms with E-state index in [1.54, 1.807) is 35.6 Å². The highest BCUT2D eigenvalue weighted by atomic mass is 32.2. The van der Waals surface area contributed by atoms with Gasteiger partial charge in [-0.2, -0.15) is 0 Å². The van der Waals surface area contributed by atoms with E-state index >= 15 is 0 Å². The van der Waals surface area contributed by atoms with Crippen molar-refractivity contribution in [3.8, 4) is 0 Å². The van der Waals surface area contributed by atoms with Crippen LogP contribution < -0.4 is 5.32 Å². The molecule has 1 aromatic carbocycles. The molecule has 0 spiro atoms. The van der Waals surface area contributed by atoms with E-state index in [4.69, 9.17) is 0 Å². The van der Waals surface area contributed by atoms with Crippen LogP contribution in [0.3, 0.4) is 0 Å². The molecule has 22 heavy (non-hydrogen) atoms. The SMILES string of the molecule is CN(C)S(=O)(=O)c1ccc(CNC(=O)Cc2cccs2)cc1. The van der Waals surface area contributed by atoms with Gasteiger partial charge in [-0.25, -0.2) is 12.7 Å². The Bertz CT molecular complexity index is 721. The molecule has 0 aliphatic rings. The Morgan fingerprint density at radius 3 is 2.41 bits per heavy atom. The van der Waals surface area contributed by atoms with Gasteiger partial charge in [-0.3, -0.25) is 4.79 Å². The molecule has 7 heteroatoms. The molecule has 1 heterocycles. The minimum Gasteiger partial charge on any atom is -0.352 e. The number of nitrogens with one attached hydrogen (secondary N) is 1. The van der Waals surface area contributed by atoms with Gasteiger partial charge >= 0.3 is 0 Å². The molecule has 2 rings (SSSR count). The lowest BCUT2D eigenvalue weighted by molar-refractivity contribution is -0.120. The van der Waals surface area contributed by atoms with E-state index in [0.717, 1.165) is 10.4 Å². The summed E-state index contributed by atoms with van der Waals surface area (Å²) in [5.41, 5.74) is 0.859. The highest BCUT2D eigenvalue weighted by Gasteiger charge is 2.16. The van der Waals surface area contributed by atoms with Crippen molar-refractivity contribution >= 4 is 27.3 Å². The van der Waals surface area contributed by atoms with Gasteiger partial charge in [0, 0.05) is 25.5 Å². The molecular weight excluding hydrogens is 320 g/mol. The largest absolute Gasteiger partial charge is 0.352 e. The fourth-order valence-electron chi connectivity index (χ4n) is 1.82. The van der Waals surface area contributed by atoms with Crippen molar-refractivity contribution in [1.29, 1.82) is 0 Å². The molecule has 0 bridgehead atoms. The van der Waals surface area contributed by atoms with Crippen molar-refractivity contribution in [3.05, 3.63) is 52.2 Å². The molecule has 0 saturated heterocycles. The summed E-state index contributed by atoms with van der Waals surface area (Å²) in [7, 11) is -0.424. The average molecular weight is 338 g/mol. The van der Waals surface area contributed by atoms with Gasteiger partial charge in [0.1, 0.15) is 0 Å². The monoisotopic (exact) mass is 338 g/mol. The number of nitrogens with zero attached hydrogens (tertiary/aromatic N) is 1. The minimum absolute atomic E-state index is 0.0487. The Kier molecular flexibility index (Phi) is 5.33. The number of hydrogen-bond donors (Lipinski definition) is 1. The van der Waals surface area contributed by atoms with Crippen molar-refractivity contribution in [2.24, 2.45) is 0 Å². The van der Waals surface area contributed by atoms with Crippen LogP contribution in [0.2, 0.25) is 0 Å². The molecule has 2 aromatic rings. The molecule has 118 valence electrons. The number of sulfonamides is 1. The fourth-order valence-corrected chi connectivity index (χ4v) is 3.43. The van der Waals surface area contributed by atoms with Crippen LogP contribution in [0, 0.1) is 0 Å². The Morgan fingerprint density at radius 2 is 1.86 bits per heavy atom. The number of thiophene rings is 1. The van der Waals surface area contributed by atoms with Crippen molar-refractivity contribution in [1.82, 2.24) is 9.62 Å². The number of carbonyl (C=O) groups excluding carboxylic acids is 1. The lowest BCUT2D eigenvalue weighted by Gasteiger charge is -2.11. The molecule has 0 radical (unpaired) electrons. The predicted molar refractivity (Wildman–Crippen MR) is 87.2 cm³/mol. The topological polar surface area (TPSA) is 66.5 Å². The Morgan fingerprint density at radius 1 is 1.18 bits per heavy atom. The van der Waals surface area contributed by atoms with Crippen LogP contribution in [0.1, 0.15) is 10.4 Å². The van der Waals surface area contributed by atoms with Crippen LogP contribution in [0.5, 0.6) is 0 Å². The summed E-state index contributed by atoms with van der Waals surface area (Å²) in [6.45, 7) is 0.381. The third kappa shape index (κ3) is 4.16. The quantitative estimate of drug-likeness (QED) is 0.874. The molecule has 5 nitrogen and oxygen atoms in total. The van der Waals surface area contributed by atoms with Crippen LogP contribution >= 0.6 is 11.3 Å². The van der Waals surface area contributed by atoms with Gasteiger partial charge < -0.3 is 5.32 Å². The number of hydrogen-bond acceptors (Lipinski definition) is 4. The summed E-state index contributed by atoms with van der Waals surface area (Å²) in [6, 6.07) is 10.4. The van der Waals surface area contributed by atoms with E-state index in [2.05, 4.69) is 5.32 Å². The minimum atomic E-state index is -3.41. The van der Waals surface area contributed by atoms with E-state index in [-0.39, 0.29) is 10.8 Å². The van der Waals surface area contributed by atoms with Crippen LogP contribution in [0.4, 0.5) is 0 Å². The molecule has 0 fully saturated rings. The number of benzene rings is 1. The summed E-state index contributed by atoms with van der Waals surface area (Å²) in [4.78, 5) is 13.1. The zero-order valence-electron chi connectivity index (χ0n) is 12.4. The van der Waals surface area contributed by atoms with Crippen LogP contribution in [0.25, 0.3) is 0 Å². The Balaban J connectivity index is 1.93. The molecule has 0 aliphatic heterocycles. The number of carbonyl (C=O) groups is 1. The lowest BCUT2D eigenvalue weighted by Crippen LogP contribution is -2.24. The molecule has 0 aliphatic carbocycles. The number of rotatable bonds is 6. The predicted octanol–water partition coefficient (Wildman–Crippen LogP) is 1.86. The normalized spacial score (nSPS) is 11.6. The fraction of sp³-hybridized carbons (Fsp3) is 0.267. The van der Waals surface area contributed by atoms with Crippen LogP contribution in [0.15, 0.2) is 46.7 Å². The maximum Gasteiger partial charge on any atom is 0.242 e. The van der Waals surface area contributed by atoms with Gasteiger partial charge in [0.15, 0.2) is 0 Å². The first-order valence-corrected chi connectivity index (χ1v) is 9.02. The van der Waals surface area contributed by atoms with Crippen molar-refractivity contribution in [2.45, 2.75) is 17.9 Å². The second-order valence-electron chi connectivity index (χ2n) is 4.96. The first-order valence-electron chi connectivity index (χ1n) is 6.70. The second kappa shape index (κ2) is 7.04. The summed E-state index contributed by atoms with van der Waals surface area (Å²) >= 11 is 1.55. The second-order valence-corrected chi connectivity index (χ2v) is 8.15. The van der Waals surface area contributed by atoms with Gasteiger partial charge in [0.25, 0.3) is 0 Å². The molecule has 0 saturated carbocycles. The van der Waals surface area contributed by atoms with Gasteiger partial charge in [-0.05, 0) is 29.1 Å². The van der Waals surface area contributed by atoms with Crippen molar-refractivity contribution in [3.63, 3.8) is 0 Å². The summed E-state index contributed by atoms with van der Waals surface area (Å²) in [6.07, 6.45) is 0.366. The third-order valence-corrected chi connectivity index (χ3v) is 5.81. The molecule has 1 aromatic heterocycles. The standard InChI is InChI=1S/C15H18N2O3S2/c1-17(2)22(19,20)14-7-5-12(6-8-14)11-16-15(18)10-13-4-3-9-21-13/h3-9H,10-11H2,1-2H3,(H,16,18). The van der Waals surface area contributed by atoms with Gasteiger partial charge in [0.2, 0.25) is 15.9 Å². The molecule has 0 atom stereocenters. The molecule has 1 N–H and O–H groups in total. The smallest absolute Gasteiger partial charge is 0.242 e. The Hall–Kier alpha value is -1.70. The van der Waals surface area contributed by atoms with E-state index in [0.29, 0.717) is 13.0 Å². The van der Waals surface area contributed by atoms with Crippen molar-refractivity contribution in [2.75, 3.05) is 14.1 Å². The summed E-state index contributed by atoms with van der Waals surface area (Å²) in [5, 5.41) is 4.76. The van der Waals surface area contributed by atoms with Crippen LogP contribution in [-0.4, -0.2) is 32.7 Å². The average Bonchev–Trinajstić information content (AvgIpc) is 2.98. The lowest BCUT2D eigenvalue weighted by atomic mass is 10.2. The van der Waals surface area contributed by atoms with Crippen LogP contribution in [-0.2, 0) is 27.8 Å². The van der Waals surface area contributed by atoms with E-state index in [9.17, 15) is 13.2 Å². The summed E-state index contributed by atoms with van der Waals surface area (Å²) in [5.74, 6) is -0.0487. The van der Waals surface area contributed by atoms with E-state index in [1.165, 1.54) is 18.4 Å². The molecular formula is C15H18N2O3S2. The maximum absolute atomic E-state index is 11.9. The summed E-state index contributed by atoms with van der Waals surface area (Å²) < 4.78 is 25.1. The highest BCUT2D eigenvalue weighted by molar-refractivity contribution is 7.89. The zero-order chi connectivity index (χ0) is 16.2. The maximum atomic E-state index is 11.9. The number of amides is 1. The first-order chi connectivity index (χ1) is 10.4. The Labute approximate surface area is 134 Å². The van der Waals surface area contributed by atoms with Gasteiger partial charge in [0.05, 0.1) is 11.3 Å². The van der Waals surface area contributed by atoms with Gasteiger partial charge in [-0.1, -0.05) is 18.2 Å². The van der Waals surface area contributed by atoms with Gasteiger partial charge in [-0.15, -0.1) is 11.3 Å². The first kappa shape index (κ1) is 16.7. The highest BCUT2D eigenvalue weighted by Crippen LogP contribution is 2.14. The molecule has 1 amide bonds. The zero-order valence-corrected chi connectivity index (χ0v) is 14.1.